The van der Waals surface area contributed by atoms with Crippen LogP contribution in [0.4, 0.5) is 10.1 Å². The number of nitrogens with zero attached hydrogens (tertiary/aromatic N) is 3. The second-order valence-electron chi connectivity index (χ2n) is 7.16. The second kappa shape index (κ2) is 9.55. The number of carbonyl (C=O) groups excluding carboxylic acids is 1. The van der Waals surface area contributed by atoms with E-state index in [9.17, 15) is 9.18 Å². The van der Waals surface area contributed by atoms with E-state index in [0.717, 1.165) is 38.3 Å². The van der Waals surface area contributed by atoms with E-state index in [4.69, 9.17) is 4.74 Å². The predicted molar refractivity (Wildman–Crippen MR) is 109 cm³/mol. The first-order chi connectivity index (χ1) is 13.6. The standard InChI is InChI=1S/C22H28FN3O2/c1-24(16-18-6-3-4-7-21(18)23)22(27)17-25-12-5-13-26(15-14-25)19-8-10-20(28-2)11-9-19/h3-4,6-11H,5,12-17H2,1-2H3. The Bertz CT molecular complexity index is 782. The number of ether oxygens (including phenoxy) is 1. The van der Waals surface area contributed by atoms with Gasteiger partial charge in [0.1, 0.15) is 11.6 Å². The summed E-state index contributed by atoms with van der Waals surface area (Å²) in [4.78, 5) is 18.7. The van der Waals surface area contributed by atoms with Crippen molar-refractivity contribution in [3.63, 3.8) is 0 Å². The van der Waals surface area contributed by atoms with Crippen LogP contribution in [0.25, 0.3) is 0 Å². The average Bonchev–Trinajstić information content (AvgIpc) is 2.95. The second-order valence-corrected chi connectivity index (χ2v) is 7.16. The van der Waals surface area contributed by atoms with E-state index < -0.39 is 0 Å². The zero-order chi connectivity index (χ0) is 19.9. The van der Waals surface area contributed by atoms with Crippen molar-refractivity contribution in [1.82, 2.24) is 9.80 Å². The number of likely N-dealkylation sites (N-methyl/N-ethyl adjacent to an activating group) is 1. The van der Waals surface area contributed by atoms with Crippen LogP contribution in [0.5, 0.6) is 5.75 Å². The summed E-state index contributed by atoms with van der Waals surface area (Å²) in [5.74, 6) is 0.594. The first-order valence-electron chi connectivity index (χ1n) is 9.65. The molecule has 28 heavy (non-hydrogen) atoms. The molecule has 3 rings (SSSR count). The summed E-state index contributed by atoms with van der Waals surface area (Å²) < 4.78 is 19.0. The van der Waals surface area contributed by atoms with Crippen LogP contribution in [-0.2, 0) is 11.3 Å². The van der Waals surface area contributed by atoms with Gasteiger partial charge in [0.25, 0.3) is 0 Å². The molecular formula is C22H28FN3O2. The number of hydrogen-bond donors (Lipinski definition) is 0. The van der Waals surface area contributed by atoms with Crippen molar-refractivity contribution in [2.24, 2.45) is 0 Å². The number of amides is 1. The first-order valence-corrected chi connectivity index (χ1v) is 9.65. The number of methoxy groups -OCH3 is 1. The Morgan fingerprint density at radius 2 is 1.82 bits per heavy atom. The first kappa shape index (κ1) is 20.1. The van der Waals surface area contributed by atoms with E-state index in [0.29, 0.717) is 12.1 Å². The number of anilines is 1. The maximum atomic E-state index is 13.8. The van der Waals surface area contributed by atoms with Crippen molar-refractivity contribution < 1.29 is 13.9 Å². The number of rotatable bonds is 6. The lowest BCUT2D eigenvalue weighted by atomic mass is 10.2. The molecule has 0 saturated carbocycles. The Morgan fingerprint density at radius 3 is 2.54 bits per heavy atom. The van der Waals surface area contributed by atoms with Gasteiger partial charge in [0.05, 0.1) is 13.7 Å². The fourth-order valence-corrected chi connectivity index (χ4v) is 3.46. The van der Waals surface area contributed by atoms with Gasteiger partial charge in [-0.25, -0.2) is 4.39 Å². The predicted octanol–water partition coefficient (Wildman–Crippen LogP) is 3.01. The molecule has 0 aliphatic carbocycles. The highest BCUT2D eigenvalue weighted by molar-refractivity contribution is 5.78. The molecule has 1 amide bonds. The van der Waals surface area contributed by atoms with Gasteiger partial charge in [-0.1, -0.05) is 18.2 Å². The van der Waals surface area contributed by atoms with Crippen LogP contribution in [0.15, 0.2) is 48.5 Å². The highest BCUT2D eigenvalue weighted by Crippen LogP contribution is 2.20. The van der Waals surface area contributed by atoms with Gasteiger partial charge in [0, 0.05) is 51.0 Å². The lowest BCUT2D eigenvalue weighted by Gasteiger charge is -2.25. The summed E-state index contributed by atoms with van der Waals surface area (Å²) in [6.45, 7) is 4.19. The fourth-order valence-electron chi connectivity index (χ4n) is 3.46. The van der Waals surface area contributed by atoms with Crippen LogP contribution >= 0.6 is 0 Å². The zero-order valence-corrected chi connectivity index (χ0v) is 16.6. The van der Waals surface area contributed by atoms with E-state index in [1.807, 2.05) is 12.1 Å². The zero-order valence-electron chi connectivity index (χ0n) is 16.6. The Balaban J connectivity index is 1.52. The van der Waals surface area contributed by atoms with Crippen LogP contribution < -0.4 is 9.64 Å². The maximum Gasteiger partial charge on any atom is 0.236 e. The van der Waals surface area contributed by atoms with Crippen LogP contribution in [-0.4, -0.2) is 62.6 Å². The number of halogens is 1. The average molecular weight is 385 g/mol. The molecule has 0 N–H and O–H groups in total. The molecular weight excluding hydrogens is 357 g/mol. The molecule has 0 spiro atoms. The van der Waals surface area contributed by atoms with Gasteiger partial charge in [-0.05, 0) is 36.8 Å². The number of carbonyl (C=O) groups is 1. The minimum absolute atomic E-state index is 0.0150. The van der Waals surface area contributed by atoms with Gasteiger partial charge >= 0.3 is 0 Å². The summed E-state index contributed by atoms with van der Waals surface area (Å²) in [6, 6.07) is 14.7. The van der Waals surface area contributed by atoms with E-state index in [1.54, 1.807) is 37.3 Å². The highest BCUT2D eigenvalue weighted by Gasteiger charge is 2.19. The minimum atomic E-state index is -0.271. The Labute approximate surface area is 166 Å². The Hall–Kier alpha value is -2.60. The van der Waals surface area contributed by atoms with Crippen LogP contribution in [0, 0.1) is 5.82 Å². The summed E-state index contributed by atoms with van der Waals surface area (Å²) in [5.41, 5.74) is 1.71. The fraction of sp³-hybridized carbons (Fsp3) is 0.409. The molecule has 5 nitrogen and oxygen atoms in total. The lowest BCUT2D eigenvalue weighted by molar-refractivity contribution is -0.131. The van der Waals surface area contributed by atoms with Gasteiger partial charge in [-0.15, -0.1) is 0 Å². The van der Waals surface area contributed by atoms with Gasteiger partial charge in [0.2, 0.25) is 5.91 Å². The molecule has 150 valence electrons. The number of hydrogen-bond acceptors (Lipinski definition) is 4. The molecule has 1 aliphatic rings. The highest BCUT2D eigenvalue weighted by atomic mass is 19.1. The van der Waals surface area contributed by atoms with Gasteiger partial charge in [-0.3, -0.25) is 9.69 Å². The third-order valence-corrected chi connectivity index (χ3v) is 5.18. The molecule has 0 atom stereocenters. The van der Waals surface area contributed by atoms with Gasteiger partial charge in [0.15, 0.2) is 0 Å². The van der Waals surface area contributed by atoms with Crippen molar-refractivity contribution in [2.45, 2.75) is 13.0 Å². The Kier molecular flexibility index (Phi) is 6.87. The smallest absolute Gasteiger partial charge is 0.236 e. The molecule has 1 aliphatic heterocycles. The van der Waals surface area contributed by atoms with E-state index >= 15 is 0 Å². The molecule has 2 aromatic carbocycles. The van der Waals surface area contributed by atoms with Crippen LogP contribution in [0.3, 0.4) is 0 Å². The molecule has 0 aromatic heterocycles. The topological polar surface area (TPSA) is 36.0 Å². The third-order valence-electron chi connectivity index (χ3n) is 5.18. The van der Waals surface area contributed by atoms with Crippen molar-refractivity contribution in [1.29, 1.82) is 0 Å². The van der Waals surface area contributed by atoms with Crippen molar-refractivity contribution in [3.8, 4) is 5.75 Å². The molecule has 0 unspecified atom stereocenters. The van der Waals surface area contributed by atoms with Crippen LogP contribution in [0.1, 0.15) is 12.0 Å². The van der Waals surface area contributed by atoms with Gasteiger partial charge < -0.3 is 14.5 Å². The molecule has 1 heterocycles. The van der Waals surface area contributed by atoms with Crippen molar-refractivity contribution in [3.05, 3.63) is 59.9 Å². The minimum Gasteiger partial charge on any atom is -0.497 e. The largest absolute Gasteiger partial charge is 0.497 e. The lowest BCUT2D eigenvalue weighted by Crippen LogP contribution is -2.40. The van der Waals surface area contributed by atoms with E-state index in [1.165, 1.54) is 11.8 Å². The quantitative estimate of drug-likeness (QED) is 0.766. The SMILES string of the molecule is COc1ccc(N2CCCN(CC(=O)N(C)Cc3ccccc3F)CC2)cc1. The van der Waals surface area contributed by atoms with Crippen molar-refractivity contribution in [2.75, 3.05) is 51.8 Å². The number of benzene rings is 2. The molecule has 1 fully saturated rings. The molecule has 0 bridgehead atoms. The van der Waals surface area contributed by atoms with Gasteiger partial charge in [-0.2, -0.15) is 0 Å². The monoisotopic (exact) mass is 385 g/mol. The Morgan fingerprint density at radius 1 is 1.07 bits per heavy atom. The van der Waals surface area contributed by atoms with Crippen LogP contribution in [0.2, 0.25) is 0 Å². The maximum absolute atomic E-state index is 13.8. The summed E-state index contributed by atoms with van der Waals surface area (Å²) in [6.07, 6.45) is 0.996. The summed E-state index contributed by atoms with van der Waals surface area (Å²) in [7, 11) is 3.40. The van der Waals surface area contributed by atoms with E-state index in [-0.39, 0.29) is 18.3 Å². The summed E-state index contributed by atoms with van der Waals surface area (Å²) >= 11 is 0. The molecule has 1 saturated heterocycles. The summed E-state index contributed by atoms with van der Waals surface area (Å²) in [5, 5.41) is 0. The molecule has 0 radical (unpaired) electrons. The molecule has 2 aromatic rings. The molecule has 6 heteroatoms. The normalized spacial score (nSPS) is 15.2. The van der Waals surface area contributed by atoms with Crippen molar-refractivity contribution >= 4 is 11.6 Å². The van der Waals surface area contributed by atoms with E-state index in [2.05, 4.69) is 21.9 Å². The third kappa shape index (κ3) is 5.23.